The predicted molar refractivity (Wildman–Crippen MR) is 60.3 cm³/mol. The molecule has 2 heteroatoms. The van der Waals surface area contributed by atoms with Gasteiger partial charge in [-0.2, -0.15) is 0 Å². The van der Waals surface area contributed by atoms with Crippen LogP contribution in [0.5, 0.6) is 0 Å². The second-order valence-corrected chi connectivity index (χ2v) is 4.58. The van der Waals surface area contributed by atoms with E-state index >= 15 is 0 Å². The lowest BCUT2D eigenvalue weighted by Crippen LogP contribution is -2.32. The van der Waals surface area contributed by atoms with Crippen molar-refractivity contribution in [1.82, 2.24) is 0 Å². The van der Waals surface area contributed by atoms with Crippen LogP contribution in [0.15, 0.2) is 24.3 Å². The Morgan fingerprint density at radius 3 is 3.07 bits per heavy atom. The monoisotopic (exact) mass is 201 g/mol. The Hall–Kier alpha value is -1.31. The summed E-state index contributed by atoms with van der Waals surface area (Å²) < 4.78 is 0. The number of benzene rings is 1. The van der Waals surface area contributed by atoms with Crippen LogP contribution < -0.4 is 4.90 Å². The average molecular weight is 201 g/mol. The SMILES string of the molecule is O=Cc1ccccc1N1CCCC2CC21. The second-order valence-electron chi connectivity index (χ2n) is 4.58. The van der Waals surface area contributed by atoms with Crippen molar-refractivity contribution in [3.8, 4) is 0 Å². The summed E-state index contributed by atoms with van der Waals surface area (Å²) in [4.78, 5) is 13.4. The molecular weight excluding hydrogens is 186 g/mol. The molecule has 15 heavy (non-hydrogen) atoms. The number of nitrogens with zero attached hydrogens (tertiary/aromatic N) is 1. The Balaban J connectivity index is 1.94. The number of aldehydes is 1. The van der Waals surface area contributed by atoms with Crippen LogP contribution in [0, 0.1) is 5.92 Å². The van der Waals surface area contributed by atoms with Crippen molar-refractivity contribution in [2.24, 2.45) is 5.92 Å². The van der Waals surface area contributed by atoms with Crippen LogP contribution in [0.2, 0.25) is 0 Å². The highest BCUT2D eigenvalue weighted by molar-refractivity contribution is 5.84. The molecule has 1 aromatic carbocycles. The Kier molecular flexibility index (Phi) is 2.01. The molecule has 0 spiro atoms. The number of rotatable bonds is 2. The van der Waals surface area contributed by atoms with Gasteiger partial charge in [0.15, 0.2) is 6.29 Å². The van der Waals surface area contributed by atoms with Crippen molar-refractivity contribution in [2.75, 3.05) is 11.4 Å². The maximum Gasteiger partial charge on any atom is 0.152 e. The highest BCUT2D eigenvalue weighted by atomic mass is 16.1. The first kappa shape index (κ1) is 8.96. The van der Waals surface area contributed by atoms with E-state index in [9.17, 15) is 4.79 Å². The third kappa shape index (κ3) is 1.44. The summed E-state index contributed by atoms with van der Waals surface area (Å²) in [5.74, 6) is 0.901. The number of piperidine rings is 1. The van der Waals surface area contributed by atoms with E-state index < -0.39 is 0 Å². The maximum absolute atomic E-state index is 11.0. The van der Waals surface area contributed by atoms with Crippen LogP contribution >= 0.6 is 0 Å². The van der Waals surface area contributed by atoms with E-state index in [1.54, 1.807) is 0 Å². The summed E-state index contributed by atoms with van der Waals surface area (Å²) >= 11 is 0. The van der Waals surface area contributed by atoms with E-state index in [-0.39, 0.29) is 0 Å². The molecule has 1 aliphatic carbocycles. The van der Waals surface area contributed by atoms with Crippen molar-refractivity contribution in [3.63, 3.8) is 0 Å². The van der Waals surface area contributed by atoms with Gasteiger partial charge in [-0.25, -0.2) is 0 Å². The molecule has 2 unspecified atom stereocenters. The van der Waals surface area contributed by atoms with Crippen molar-refractivity contribution in [3.05, 3.63) is 29.8 Å². The molecule has 2 nitrogen and oxygen atoms in total. The fourth-order valence-corrected chi connectivity index (χ4v) is 2.76. The molecule has 0 amide bonds. The molecule has 1 aliphatic heterocycles. The highest BCUT2D eigenvalue weighted by Gasteiger charge is 2.44. The van der Waals surface area contributed by atoms with Crippen LogP contribution in [-0.4, -0.2) is 18.9 Å². The lowest BCUT2D eigenvalue weighted by atomic mass is 10.1. The smallest absolute Gasteiger partial charge is 0.152 e. The predicted octanol–water partition coefficient (Wildman–Crippen LogP) is 2.49. The third-order valence-corrected chi connectivity index (χ3v) is 3.63. The van der Waals surface area contributed by atoms with Crippen LogP contribution in [0.25, 0.3) is 0 Å². The van der Waals surface area contributed by atoms with Gasteiger partial charge in [0.1, 0.15) is 0 Å². The van der Waals surface area contributed by atoms with Gasteiger partial charge in [-0.3, -0.25) is 4.79 Å². The molecule has 2 aliphatic rings. The van der Waals surface area contributed by atoms with Gasteiger partial charge in [-0.1, -0.05) is 12.1 Å². The van der Waals surface area contributed by atoms with Crippen LogP contribution in [0.1, 0.15) is 29.6 Å². The number of fused-ring (bicyclic) bond motifs is 1. The van der Waals surface area contributed by atoms with Gasteiger partial charge in [-0.05, 0) is 37.3 Å². The highest BCUT2D eigenvalue weighted by Crippen LogP contribution is 2.45. The minimum Gasteiger partial charge on any atom is -0.368 e. The topological polar surface area (TPSA) is 20.3 Å². The molecule has 2 atom stereocenters. The first-order valence-electron chi connectivity index (χ1n) is 5.71. The lowest BCUT2D eigenvalue weighted by molar-refractivity contribution is 0.112. The van der Waals surface area contributed by atoms with Crippen molar-refractivity contribution >= 4 is 12.0 Å². The van der Waals surface area contributed by atoms with Gasteiger partial charge in [0.25, 0.3) is 0 Å². The normalized spacial score (nSPS) is 28.4. The van der Waals surface area contributed by atoms with Gasteiger partial charge in [0.2, 0.25) is 0 Å². The summed E-state index contributed by atoms with van der Waals surface area (Å²) in [5, 5.41) is 0. The van der Waals surface area contributed by atoms with Crippen LogP contribution in [-0.2, 0) is 0 Å². The number of anilines is 1. The van der Waals surface area contributed by atoms with Gasteiger partial charge in [-0.15, -0.1) is 0 Å². The Bertz CT molecular complexity index is 388. The Morgan fingerprint density at radius 1 is 1.33 bits per heavy atom. The van der Waals surface area contributed by atoms with Crippen LogP contribution in [0.4, 0.5) is 5.69 Å². The van der Waals surface area contributed by atoms with Gasteiger partial charge in [0, 0.05) is 23.8 Å². The average Bonchev–Trinajstić information content (AvgIpc) is 3.07. The van der Waals surface area contributed by atoms with E-state index in [0.29, 0.717) is 0 Å². The number of carbonyl (C=O) groups excluding carboxylic acids is 1. The fraction of sp³-hybridized carbons (Fsp3) is 0.462. The number of hydrogen-bond acceptors (Lipinski definition) is 2. The molecule has 0 aromatic heterocycles. The minimum absolute atomic E-state index is 0.722. The summed E-state index contributed by atoms with van der Waals surface area (Å²) in [6.45, 7) is 1.12. The van der Waals surface area contributed by atoms with E-state index in [0.717, 1.165) is 36.0 Å². The molecule has 0 N–H and O–H groups in total. The summed E-state index contributed by atoms with van der Waals surface area (Å²) in [6, 6.07) is 8.66. The fourth-order valence-electron chi connectivity index (χ4n) is 2.76. The first-order chi connectivity index (χ1) is 7.40. The zero-order chi connectivity index (χ0) is 10.3. The lowest BCUT2D eigenvalue weighted by Gasteiger charge is -2.29. The zero-order valence-corrected chi connectivity index (χ0v) is 8.73. The van der Waals surface area contributed by atoms with Crippen LogP contribution in [0.3, 0.4) is 0 Å². The van der Waals surface area contributed by atoms with Gasteiger partial charge >= 0.3 is 0 Å². The van der Waals surface area contributed by atoms with Gasteiger partial charge < -0.3 is 4.90 Å². The first-order valence-corrected chi connectivity index (χ1v) is 5.71. The summed E-state index contributed by atoms with van der Waals surface area (Å²) in [6.07, 6.45) is 4.95. The molecule has 1 saturated heterocycles. The largest absolute Gasteiger partial charge is 0.368 e. The van der Waals surface area contributed by atoms with E-state index in [1.165, 1.54) is 19.3 Å². The van der Waals surface area contributed by atoms with Crippen molar-refractivity contribution in [1.29, 1.82) is 0 Å². The Labute approximate surface area is 89.9 Å². The molecule has 1 heterocycles. The molecule has 1 aromatic rings. The molecule has 78 valence electrons. The molecule has 0 bridgehead atoms. The molecule has 0 radical (unpaired) electrons. The Morgan fingerprint density at radius 2 is 2.20 bits per heavy atom. The molecule has 2 fully saturated rings. The molecule has 3 rings (SSSR count). The second kappa shape index (κ2) is 3.37. The molecular formula is C13H15NO. The number of hydrogen-bond donors (Lipinski definition) is 0. The quantitative estimate of drug-likeness (QED) is 0.685. The molecule has 1 saturated carbocycles. The zero-order valence-electron chi connectivity index (χ0n) is 8.73. The minimum atomic E-state index is 0.722. The third-order valence-electron chi connectivity index (χ3n) is 3.63. The van der Waals surface area contributed by atoms with E-state index in [4.69, 9.17) is 0 Å². The number of carbonyl (C=O) groups is 1. The van der Waals surface area contributed by atoms with Crippen molar-refractivity contribution < 1.29 is 4.79 Å². The van der Waals surface area contributed by atoms with Gasteiger partial charge in [0.05, 0.1) is 0 Å². The summed E-state index contributed by atoms with van der Waals surface area (Å²) in [5.41, 5.74) is 1.98. The summed E-state index contributed by atoms with van der Waals surface area (Å²) in [7, 11) is 0. The standard InChI is InChI=1S/C13H15NO/c15-9-11-4-1-2-6-12(11)14-7-3-5-10-8-13(10)14/h1-2,4,6,9-10,13H,3,5,7-8H2. The van der Waals surface area contributed by atoms with E-state index in [1.807, 2.05) is 18.2 Å². The maximum atomic E-state index is 11.0. The number of para-hydroxylation sites is 1. The van der Waals surface area contributed by atoms with E-state index in [2.05, 4.69) is 11.0 Å². The van der Waals surface area contributed by atoms with Crippen molar-refractivity contribution in [2.45, 2.75) is 25.3 Å².